The van der Waals surface area contributed by atoms with Gasteiger partial charge in [-0.1, -0.05) is 12.8 Å². The van der Waals surface area contributed by atoms with Gasteiger partial charge in [0.15, 0.2) is 0 Å². The van der Waals surface area contributed by atoms with Crippen LogP contribution in [0.15, 0.2) is 0 Å². The lowest BCUT2D eigenvalue weighted by Gasteiger charge is -2.20. The van der Waals surface area contributed by atoms with E-state index in [-0.39, 0.29) is 0 Å². The first-order chi connectivity index (χ1) is 7.06. The fourth-order valence-corrected chi connectivity index (χ4v) is 2.99. The molecule has 1 N–H and O–H groups in total. The predicted octanol–water partition coefficient (Wildman–Crippen LogP) is 0.609. The molecule has 0 aromatic rings. The molecule has 1 rings (SSSR count). The van der Waals surface area contributed by atoms with Crippen LogP contribution in [0.5, 0.6) is 0 Å². The van der Waals surface area contributed by atoms with E-state index in [9.17, 15) is 8.42 Å². The third kappa shape index (κ3) is 3.78. The Bertz CT molecular complexity index is 326. The first kappa shape index (κ1) is 12.4. The molecule has 1 aliphatic heterocycles. The lowest BCUT2D eigenvalue weighted by atomic mass is 10.2. The Morgan fingerprint density at radius 2 is 1.80 bits per heavy atom. The molecule has 15 heavy (non-hydrogen) atoms. The van der Waals surface area contributed by atoms with Gasteiger partial charge in [0.1, 0.15) is 6.04 Å². The van der Waals surface area contributed by atoms with Crippen LogP contribution in [0.25, 0.3) is 0 Å². The highest BCUT2D eigenvalue weighted by Crippen LogP contribution is 2.12. The van der Waals surface area contributed by atoms with Crippen molar-refractivity contribution in [2.45, 2.75) is 38.6 Å². The minimum Gasteiger partial charge on any atom is -0.197 e. The molecule has 0 amide bonds. The van der Waals surface area contributed by atoms with Crippen molar-refractivity contribution in [1.82, 2.24) is 9.03 Å². The van der Waals surface area contributed by atoms with Gasteiger partial charge in [-0.25, -0.2) is 0 Å². The average Bonchev–Trinajstić information content (AvgIpc) is 2.45. The Hall–Kier alpha value is -0.640. The zero-order valence-corrected chi connectivity index (χ0v) is 9.76. The molecule has 6 heteroatoms. The van der Waals surface area contributed by atoms with Gasteiger partial charge in [0.2, 0.25) is 0 Å². The van der Waals surface area contributed by atoms with E-state index in [0.717, 1.165) is 25.7 Å². The highest BCUT2D eigenvalue weighted by atomic mass is 32.2. The highest BCUT2D eigenvalue weighted by molar-refractivity contribution is 7.87. The molecule has 0 radical (unpaired) electrons. The van der Waals surface area contributed by atoms with Crippen LogP contribution >= 0.6 is 0 Å². The number of nitriles is 1. The molecule has 0 aromatic carbocycles. The van der Waals surface area contributed by atoms with Crippen LogP contribution in [0, 0.1) is 11.3 Å². The van der Waals surface area contributed by atoms with Gasteiger partial charge >= 0.3 is 0 Å². The van der Waals surface area contributed by atoms with Gasteiger partial charge in [-0.3, -0.25) is 0 Å². The lowest BCUT2D eigenvalue weighted by molar-refractivity contribution is 0.413. The Balaban J connectivity index is 2.63. The van der Waals surface area contributed by atoms with E-state index < -0.39 is 16.3 Å². The predicted molar refractivity (Wildman–Crippen MR) is 57.2 cm³/mol. The van der Waals surface area contributed by atoms with E-state index in [1.165, 1.54) is 11.2 Å². The first-order valence-corrected chi connectivity index (χ1v) is 6.67. The normalized spacial score (nSPS) is 21.6. The quantitative estimate of drug-likeness (QED) is 0.773. The largest absolute Gasteiger partial charge is 0.280 e. The van der Waals surface area contributed by atoms with E-state index >= 15 is 0 Å². The zero-order chi connectivity index (χ0) is 11.3. The van der Waals surface area contributed by atoms with Gasteiger partial charge in [0.25, 0.3) is 10.2 Å². The van der Waals surface area contributed by atoms with Gasteiger partial charge in [-0.2, -0.15) is 22.7 Å². The minimum atomic E-state index is -3.46. The number of hydrogen-bond acceptors (Lipinski definition) is 3. The summed E-state index contributed by atoms with van der Waals surface area (Å²) in [5, 5.41) is 8.56. The fourth-order valence-electron chi connectivity index (χ4n) is 1.61. The summed E-state index contributed by atoms with van der Waals surface area (Å²) in [5.41, 5.74) is 0. The van der Waals surface area contributed by atoms with Crippen LogP contribution in [0.1, 0.15) is 32.6 Å². The zero-order valence-electron chi connectivity index (χ0n) is 8.94. The van der Waals surface area contributed by atoms with Gasteiger partial charge in [0.05, 0.1) is 6.07 Å². The van der Waals surface area contributed by atoms with Crippen LogP contribution in [-0.4, -0.2) is 31.9 Å². The maximum Gasteiger partial charge on any atom is 0.280 e. The van der Waals surface area contributed by atoms with Crippen LogP contribution in [0.3, 0.4) is 0 Å². The van der Waals surface area contributed by atoms with Crippen molar-refractivity contribution in [3.63, 3.8) is 0 Å². The molecule has 0 spiro atoms. The van der Waals surface area contributed by atoms with Crippen LogP contribution in [0.4, 0.5) is 0 Å². The van der Waals surface area contributed by atoms with Crippen molar-refractivity contribution in [2.75, 3.05) is 13.1 Å². The van der Waals surface area contributed by atoms with E-state index in [4.69, 9.17) is 5.26 Å². The van der Waals surface area contributed by atoms with Gasteiger partial charge in [-0.15, -0.1) is 0 Å². The summed E-state index contributed by atoms with van der Waals surface area (Å²) in [6, 6.07) is 1.19. The van der Waals surface area contributed by atoms with Crippen molar-refractivity contribution in [1.29, 1.82) is 5.26 Å². The van der Waals surface area contributed by atoms with Crippen molar-refractivity contribution < 1.29 is 8.42 Å². The number of nitrogens with zero attached hydrogens (tertiary/aromatic N) is 2. The number of hydrogen-bond donors (Lipinski definition) is 1. The second-order valence-electron chi connectivity index (χ2n) is 3.79. The Morgan fingerprint density at radius 3 is 2.27 bits per heavy atom. The Kier molecular flexibility index (Phi) is 4.51. The third-order valence-electron chi connectivity index (χ3n) is 2.42. The van der Waals surface area contributed by atoms with E-state index in [1.54, 1.807) is 0 Å². The molecule has 0 aromatic heterocycles. The molecule has 0 saturated carbocycles. The third-order valence-corrected chi connectivity index (χ3v) is 4.12. The number of rotatable bonds is 3. The highest BCUT2D eigenvalue weighted by Gasteiger charge is 2.24. The van der Waals surface area contributed by atoms with Crippen molar-refractivity contribution >= 4 is 10.2 Å². The molecule has 1 atom stereocenters. The minimum absolute atomic E-state index is 0.563. The number of nitrogens with one attached hydrogen (secondary N) is 1. The molecule has 0 bridgehead atoms. The molecule has 1 unspecified atom stereocenters. The van der Waals surface area contributed by atoms with E-state index in [0.29, 0.717) is 13.1 Å². The van der Waals surface area contributed by atoms with Gasteiger partial charge in [0, 0.05) is 13.1 Å². The van der Waals surface area contributed by atoms with Crippen LogP contribution in [0.2, 0.25) is 0 Å². The Morgan fingerprint density at radius 1 is 1.27 bits per heavy atom. The summed E-state index contributed by atoms with van der Waals surface area (Å²) in [7, 11) is -3.46. The summed E-state index contributed by atoms with van der Waals surface area (Å²) in [4.78, 5) is 0. The molecule has 1 fully saturated rings. The maximum absolute atomic E-state index is 11.8. The SMILES string of the molecule is CC(C#N)NS(=O)(=O)N1CCCCCC1. The van der Waals surface area contributed by atoms with Crippen molar-refractivity contribution in [3.05, 3.63) is 0 Å². The Labute approximate surface area is 91.3 Å². The molecule has 1 saturated heterocycles. The molecule has 1 heterocycles. The van der Waals surface area contributed by atoms with Gasteiger partial charge < -0.3 is 0 Å². The molecule has 1 aliphatic rings. The van der Waals surface area contributed by atoms with Crippen molar-refractivity contribution in [2.24, 2.45) is 0 Å². The smallest absolute Gasteiger partial charge is 0.197 e. The molecular weight excluding hydrogens is 214 g/mol. The molecule has 5 nitrogen and oxygen atoms in total. The second-order valence-corrected chi connectivity index (χ2v) is 5.49. The summed E-state index contributed by atoms with van der Waals surface area (Å²) in [6.07, 6.45) is 3.98. The van der Waals surface area contributed by atoms with E-state index in [2.05, 4.69) is 4.72 Å². The lowest BCUT2D eigenvalue weighted by Crippen LogP contribution is -2.44. The molecular formula is C9H17N3O2S. The summed E-state index contributed by atoms with van der Waals surface area (Å²) in [5.74, 6) is 0. The van der Waals surface area contributed by atoms with E-state index in [1.807, 2.05) is 6.07 Å². The fraction of sp³-hybridized carbons (Fsp3) is 0.889. The average molecular weight is 231 g/mol. The first-order valence-electron chi connectivity index (χ1n) is 5.23. The summed E-state index contributed by atoms with van der Waals surface area (Å²) in [6.45, 7) is 2.66. The monoisotopic (exact) mass is 231 g/mol. The summed E-state index contributed by atoms with van der Waals surface area (Å²) >= 11 is 0. The summed E-state index contributed by atoms with van der Waals surface area (Å²) < 4.78 is 27.3. The second kappa shape index (κ2) is 5.45. The van der Waals surface area contributed by atoms with Crippen molar-refractivity contribution in [3.8, 4) is 6.07 Å². The van der Waals surface area contributed by atoms with Crippen LogP contribution < -0.4 is 4.72 Å². The molecule has 0 aliphatic carbocycles. The van der Waals surface area contributed by atoms with Gasteiger partial charge in [-0.05, 0) is 19.8 Å². The standard InChI is InChI=1S/C9H17N3O2S/c1-9(8-10)11-15(13,14)12-6-4-2-3-5-7-12/h9,11H,2-7H2,1H3. The molecule has 86 valence electrons. The topological polar surface area (TPSA) is 73.2 Å². The van der Waals surface area contributed by atoms with Crippen LogP contribution in [-0.2, 0) is 10.2 Å². The maximum atomic E-state index is 11.8.